The van der Waals surface area contributed by atoms with Crippen LogP contribution in [0.1, 0.15) is 39.1 Å². The molecule has 2 bridgehead atoms. The van der Waals surface area contributed by atoms with Crippen molar-refractivity contribution in [2.45, 2.75) is 38.9 Å². The Hall–Kier alpha value is -1.29. The van der Waals surface area contributed by atoms with E-state index in [1.54, 1.807) is 6.26 Å². The molecule has 0 radical (unpaired) electrons. The zero-order valence-corrected chi connectivity index (χ0v) is 11.5. The molecule has 4 aliphatic rings. The van der Waals surface area contributed by atoms with E-state index in [0.717, 1.165) is 17.9 Å². The van der Waals surface area contributed by atoms with Gasteiger partial charge in [-0.15, -0.1) is 0 Å². The fourth-order valence-electron chi connectivity index (χ4n) is 4.60. The molecule has 19 heavy (non-hydrogen) atoms. The first-order valence-electron chi connectivity index (χ1n) is 6.94. The Balaban J connectivity index is 1.78. The van der Waals surface area contributed by atoms with Gasteiger partial charge >= 0.3 is 0 Å². The third-order valence-corrected chi connectivity index (χ3v) is 5.70. The van der Waals surface area contributed by atoms with Gasteiger partial charge in [-0.3, -0.25) is 0 Å². The number of furan rings is 1. The van der Waals surface area contributed by atoms with Crippen LogP contribution < -0.4 is 0 Å². The first-order valence-corrected chi connectivity index (χ1v) is 6.94. The van der Waals surface area contributed by atoms with Crippen LogP contribution >= 0.6 is 0 Å². The van der Waals surface area contributed by atoms with Crippen LogP contribution in [0.2, 0.25) is 0 Å². The van der Waals surface area contributed by atoms with Gasteiger partial charge in [0.2, 0.25) is 0 Å². The Morgan fingerprint density at radius 3 is 2.79 bits per heavy atom. The third-order valence-electron chi connectivity index (χ3n) is 5.70. The maximum absolute atomic E-state index is 10.9. The van der Waals surface area contributed by atoms with Crippen molar-refractivity contribution in [3.8, 4) is 0 Å². The predicted molar refractivity (Wildman–Crippen MR) is 69.5 cm³/mol. The Kier molecular flexibility index (Phi) is 1.96. The minimum atomic E-state index is -0.857. The monoisotopic (exact) mass is 261 g/mol. The van der Waals surface area contributed by atoms with Gasteiger partial charge in [0.1, 0.15) is 11.4 Å². The highest BCUT2D eigenvalue weighted by Crippen LogP contribution is 2.67. The van der Waals surface area contributed by atoms with Crippen molar-refractivity contribution in [2.24, 2.45) is 28.3 Å². The van der Waals surface area contributed by atoms with Gasteiger partial charge in [0, 0.05) is 0 Å². The van der Waals surface area contributed by atoms with E-state index in [-0.39, 0.29) is 23.4 Å². The Bertz CT molecular complexity index is 544. The van der Waals surface area contributed by atoms with Gasteiger partial charge in [-0.2, -0.15) is 0 Å². The summed E-state index contributed by atoms with van der Waals surface area (Å²) >= 11 is 0. The molecule has 0 spiro atoms. The van der Waals surface area contributed by atoms with Crippen molar-refractivity contribution in [3.63, 3.8) is 0 Å². The second-order valence-corrected chi connectivity index (χ2v) is 6.91. The standard InChI is InChI=1S/C15H19NO3/c1-14(2)8-7-10(14)15(3,17)13-11(8)12(19-16-13)9-5-4-6-18-9/h4-6,8,10-12,17H,7H2,1-3H3/t8-,10-,11?,12?,15-/m1/s1. The summed E-state index contributed by atoms with van der Waals surface area (Å²) in [5.74, 6) is 1.73. The van der Waals surface area contributed by atoms with E-state index in [0.29, 0.717) is 5.92 Å². The number of aliphatic hydroxyl groups is 1. The summed E-state index contributed by atoms with van der Waals surface area (Å²) in [7, 11) is 0. The molecular formula is C15H19NO3. The van der Waals surface area contributed by atoms with E-state index >= 15 is 0 Å². The van der Waals surface area contributed by atoms with Crippen molar-refractivity contribution in [1.29, 1.82) is 0 Å². The summed E-state index contributed by atoms with van der Waals surface area (Å²) in [4.78, 5) is 5.60. The lowest BCUT2D eigenvalue weighted by Crippen LogP contribution is -2.68. The third kappa shape index (κ3) is 1.21. The van der Waals surface area contributed by atoms with Crippen LogP contribution in [-0.2, 0) is 4.84 Å². The second-order valence-electron chi connectivity index (χ2n) is 6.91. The van der Waals surface area contributed by atoms with Gasteiger partial charge in [0.05, 0.1) is 17.9 Å². The lowest BCUT2D eigenvalue weighted by atomic mass is 9.40. The van der Waals surface area contributed by atoms with E-state index in [2.05, 4.69) is 19.0 Å². The molecule has 5 rings (SSSR count). The number of rotatable bonds is 1. The smallest absolute Gasteiger partial charge is 0.193 e. The molecule has 3 aliphatic carbocycles. The summed E-state index contributed by atoms with van der Waals surface area (Å²) in [5.41, 5.74) is 0.0881. The number of oxime groups is 1. The Labute approximate surface area is 112 Å². The van der Waals surface area contributed by atoms with Crippen LogP contribution in [0.4, 0.5) is 0 Å². The van der Waals surface area contributed by atoms with Gasteiger partial charge in [0.15, 0.2) is 6.10 Å². The topological polar surface area (TPSA) is 55.0 Å². The molecule has 0 amide bonds. The molecule has 2 heterocycles. The van der Waals surface area contributed by atoms with Gasteiger partial charge < -0.3 is 14.4 Å². The van der Waals surface area contributed by atoms with Gasteiger partial charge in [0.25, 0.3) is 0 Å². The molecule has 102 valence electrons. The van der Waals surface area contributed by atoms with Crippen LogP contribution in [0, 0.1) is 23.2 Å². The number of hydrogen-bond donors (Lipinski definition) is 1. The van der Waals surface area contributed by atoms with Crippen LogP contribution in [0.3, 0.4) is 0 Å². The van der Waals surface area contributed by atoms with Crippen molar-refractivity contribution in [1.82, 2.24) is 0 Å². The summed E-state index contributed by atoms with van der Waals surface area (Å²) < 4.78 is 5.49. The largest absolute Gasteiger partial charge is 0.465 e. The average Bonchev–Trinajstić information content (AvgIpc) is 2.94. The van der Waals surface area contributed by atoms with Crippen molar-refractivity contribution < 1.29 is 14.4 Å². The highest BCUT2D eigenvalue weighted by molar-refractivity contribution is 5.97. The molecule has 0 saturated heterocycles. The van der Waals surface area contributed by atoms with E-state index < -0.39 is 5.60 Å². The van der Waals surface area contributed by atoms with Crippen LogP contribution in [0.5, 0.6) is 0 Å². The molecule has 0 aromatic carbocycles. The molecule has 1 aliphatic heterocycles. The van der Waals surface area contributed by atoms with E-state index in [9.17, 15) is 5.11 Å². The van der Waals surface area contributed by atoms with Crippen LogP contribution in [0.15, 0.2) is 28.0 Å². The number of hydrogen-bond acceptors (Lipinski definition) is 4. The minimum absolute atomic E-state index is 0.131. The van der Waals surface area contributed by atoms with Crippen LogP contribution in [0.25, 0.3) is 0 Å². The summed E-state index contributed by atoms with van der Waals surface area (Å²) in [6.07, 6.45) is 2.53. The lowest BCUT2D eigenvalue weighted by Gasteiger charge is -2.64. The van der Waals surface area contributed by atoms with Gasteiger partial charge in [-0.05, 0) is 42.7 Å². The second kappa shape index (κ2) is 3.23. The molecule has 1 N–H and O–H groups in total. The molecule has 2 unspecified atom stereocenters. The molecule has 5 atom stereocenters. The van der Waals surface area contributed by atoms with Gasteiger partial charge in [-0.1, -0.05) is 19.0 Å². The molecule has 1 aromatic rings. The molecule has 4 heteroatoms. The van der Waals surface area contributed by atoms with Crippen molar-refractivity contribution in [3.05, 3.63) is 24.2 Å². The highest BCUT2D eigenvalue weighted by atomic mass is 16.7. The minimum Gasteiger partial charge on any atom is -0.465 e. The summed E-state index contributed by atoms with van der Waals surface area (Å²) in [6, 6.07) is 3.79. The Morgan fingerprint density at radius 2 is 2.16 bits per heavy atom. The van der Waals surface area contributed by atoms with E-state index in [1.165, 1.54) is 0 Å². The molecule has 3 saturated carbocycles. The van der Waals surface area contributed by atoms with Crippen LogP contribution in [-0.4, -0.2) is 16.4 Å². The summed E-state index contributed by atoms with van der Waals surface area (Å²) in [5, 5.41) is 15.1. The van der Waals surface area contributed by atoms with E-state index in [1.807, 2.05) is 19.1 Å². The Morgan fingerprint density at radius 1 is 1.37 bits per heavy atom. The maximum atomic E-state index is 10.9. The fourth-order valence-corrected chi connectivity index (χ4v) is 4.60. The van der Waals surface area contributed by atoms with Gasteiger partial charge in [-0.25, -0.2) is 0 Å². The fraction of sp³-hybridized carbons (Fsp3) is 0.667. The first-order chi connectivity index (χ1) is 8.94. The quantitative estimate of drug-likeness (QED) is 0.845. The average molecular weight is 261 g/mol. The zero-order valence-electron chi connectivity index (χ0n) is 11.5. The number of nitrogens with zero attached hydrogens (tertiary/aromatic N) is 1. The first kappa shape index (κ1) is 11.5. The van der Waals surface area contributed by atoms with Crippen molar-refractivity contribution in [2.75, 3.05) is 0 Å². The summed E-state index contributed by atoms with van der Waals surface area (Å²) in [6.45, 7) is 6.37. The zero-order chi connectivity index (χ0) is 13.4. The van der Waals surface area contributed by atoms with Crippen molar-refractivity contribution >= 4 is 5.71 Å². The molecular weight excluding hydrogens is 242 g/mol. The lowest BCUT2D eigenvalue weighted by molar-refractivity contribution is -0.163. The molecule has 3 fully saturated rings. The predicted octanol–water partition coefficient (Wildman–Crippen LogP) is 2.75. The SMILES string of the molecule is CC1(C)[C@@H]2C[C@H]1[C@@](C)(O)C1=NOC(c3ccco3)C12. The normalized spacial score (nSPS) is 46.0. The molecule has 1 aromatic heterocycles. The van der Waals surface area contributed by atoms with E-state index in [4.69, 9.17) is 9.25 Å². The molecule has 4 nitrogen and oxygen atoms in total. The maximum Gasteiger partial charge on any atom is 0.193 e. The highest BCUT2D eigenvalue weighted by Gasteiger charge is 2.69.